The van der Waals surface area contributed by atoms with Crippen molar-refractivity contribution in [2.75, 3.05) is 11.1 Å². The number of nitrogens with two attached hydrogens (primary N) is 1. The van der Waals surface area contributed by atoms with E-state index in [9.17, 15) is 4.79 Å². The van der Waals surface area contributed by atoms with Gasteiger partial charge >= 0.3 is 0 Å². The van der Waals surface area contributed by atoms with E-state index < -0.39 is 0 Å². The third-order valence-electron chi connectivity index (χ3n) is 1.68. The van der Waals surface area contributed by atoms with E-state index in [1.54, 1.807) is 0 Å². The molecule has 0 radical (unpaired) electrons. The number of hydrogen-bond acceptors (Lipinski definition) is 3. The van der Waals surface area contributed by atoms with Crippen LogP contribution < -0.4 is 5.73 Å². The molecule has 0 aliphatic heterocycles. The maximum atomic E-state index is 11.3. The fourth-order valence-electron chi connectivity index (χ4n) is 0.984. The van der Waals surface area contributed by atoms with E-state index in [2.05, 4.69) is 15.9 Å². The molecule has 72 valence electrons. The Hall–Kier alpha value is -1.05. The van der Waals surface area contributed by atoms with Crippen molar-refractivity contribution in [3.8, 4) is 6.07 Å². The number of nitrogen functional groups attached to an aromatic ring is 1. The number of halogens is 2. The van der Waals surface area contributed by atoms with Gasteiger partial charge in [0.05, 0.1) is 21.6 Å². The summed E-state index contributed by atoms with van der Waals surface area (Å²) in [6.45, 7) is 0. The molecule has 3 nitrogen and oxygen atoms in total. The molecule has 14 heavy (non-hydrogen) atoms. The quantitative estimate of drug-likeness (QED) is 0.511. The van der Waals surface area contributed by atoms with Crippen LogP contribution in [-0.2, 0) is 0 Å². The SMILES string of the molecule is N#Cc1c(N)cc(C(=O)CBr)cc1Cl. The number of carbonyl (C=O) groups excluding carboxylic acids is 1. The highest BCUT2D eigenvalue weighted by Crippen LogP contribution is 2.24. The van der Waals surface area contributed by atoms with Crippen LogP contribution >= 0.6 is 27.5 Å². The van der Waals surface area contributed by atoms with E-state index in [-0.39, 0.29) is 27.4 Å². The van der Waals surface area contributed by atoms with E-state index in [1.165, 1.54) is 12.1 Å². The van der Waals surface area contributed by atoms with Gasteiger partial charge in [-0.25, -0.2) is 0 Å². The molecule has 2 N–H and O–H groups in total. The fourth-order valence-corrected chi connectivity index (χ4v) is 1.58. The maximum absolute atomic E-state index is 11.3. The molecule has 0 saturated heterocycles. The second kappa shape index (κ2) is 4.45. The van der Waals surface area contributed by atoms with Gasteiger partial charge in [0.25, 0.3) is 0 Å². The van der Waals surface area contributed by atoms with Gasteiger partial charge in [-0.15, -0.1) is 0 Å². The van der Waals surface area contributed by atoms with Crippen molar-refractivity contribution in [1.82, 2.24) is 0 Å². The lowest BCUT2D eigenvalue weighted by Crippen LogP contribution is -2.02. The second-order valence-electron chi connectivity index (χ2n) is 2.59. The van der Waals surface area contributed by atoms with Crippen molar-refractivity contribution in [3.05, 3.63) is 28.3 Å². The molecule has 0 aromatic heterocycles. The Labute approximate surface area is 94.6 Å². The molecule has 0 fully saturated rings. The Bertz CT molecular complexity index is 402. The molecule has 0 heterocycles. The third kappa shape index (κ3) is 2.06. The highest BCUT2D eigenvalue weighted by Gasteiger charge is 2.10. The van der Waals surface area contributed by atoms with Gasteiger partial charge in [-0.05, 0) is 12.1 Å². The number of nitrogens with zero attached hydrogens (tertiary/aromatic N) is 1. The Morgan fingerprint density at radius 2 is 2.29 bits per heavy atom. The summed E-state index contributed by atoms with van der Waals surface area (Å²) in [4.78, 5) is 11.3. The van der Waals surface area contributed by atoms with Crippen LogP contribution in [0.15, 0.2) is 12.1 Å². The number of benzene rings is 1. The van der Waals surface area contributed by atoms with Crippen LogP contribution in [0.2, 0.25) is 5.02 Å². The number of nitriles is 1. The number of carbonyl (C=O) groups is 1. The third-order valence-corrected chi connectivity index (χ3v) is 2.48. The van der Waals surface area contributed by atoms with Crippen LogP contribution in [0.3, 0.4) is 0 Å². The molecule has 1 aromatic carbocycles. The summed E-state index contributed by atoms with van der Waals surface area (Å²) >= 11 is 8.80. The molecule has 0 amide bonds. The van der Waals surface area contributed by atoms with Crippen LogP contribution in [-0.4, -0.2) is 11.1 Å². The second-order valence-corrected chi connectivity index (χ2v) is 3.56. The topological polar surface area (TPSA) is 66.9 Å². The summed E-state index contributed by atoms with van der Waals surface area (Å²) < 4.78 is 0. The molecule has 0 atom stereocenters. The number of hydrogen-bond donors (Lipinski definition) is 1. The molecule has 0 aliphatic rings. The lowest BCUT2D eigenvalue weighted by molar-refractivity contribution is 0.102. The zero-order valence-electron chi connectivity index (χ0n) is 7.05. The smallest absolute Gasteiger partial charge is 0.173 e. The van der Waals surface area contributed by atoms with Crippen LogP contribution in [0.4, 0.5) is 5.69 Å². The molecule has 0 spiro atoms. The minimum Gasteiger partial charge on any atom is -0.398 e. The van der Waals surface area contributed by atoms with Crippen LogP contribution in [0, 0.1) is 11.3 Å². The monoisotopic (exact) mass is 272 g/mol. The lowest BCUT2D eigenvalue weighted by Gasteiger charge is -2.03. The Kier molecular flexibility index (Phi) is 3.50. The van der Waals surface area contributed by atoms with Crippen molar-refractivity contribution < 1.29 is 4.79 Å². The molecule has 0 bridgehead atoms. The predicted octanol–water partition coefficient (Wildman–Crippen LogP) is 2.37. The number of ketones is 1. The average molecular weight is 274 g/mol. The zero-order chi connectivity index (χ0) is 10.7. The summed E-state index contributed by atoms with van der Waals surface area (Å²) in [5.74, 6) is -0.122. The van der Waals surface area contributed by atoms with E-state index in [1.807, 2.05) is 6.07 Å². The molecule has 1 rings (SSSR count). The summed E-state index contributed by atoms with van der Waals surface area (Å²) in [5.41, 5.74) is 6.39. The van der Waals surface area contributed by atoms with Crippen molar-refractivity contribution in [3.63, 3.8) is 0 Å². The summed E-state index contributed by atoms with van der Waals surface area (Å²) in [7, 11) is 0. The minimum atomic E-state index is -0.122. The van der Waals surface area contributed by atoms with Gasteiger partial charge < -0.3 is 5.73 Å². The molecule has 1 aromatic rings. The maximum Gasteiger partial charge on any atom is 0.173 e. The van der Waals surface area contributed by atoms with Crippen molar-refractivity contribution in [1.29, 1.82) is 5.26 Å². The Morgan fingerprint density at radius 3 is 2.71 bits per heavy atom. The first-order chi connectivity index (χ1) is 6.60. The van der Waals surface area contributed by atoms with Crippen molar-refractivity contribution in [2.45, 2.75) is 0 Å². The number of Topliss-reactive ketones (excluding diaryl/α,β-unsaturated/α-hetero) is 1. The van der Waals surface area contributed by atoms with Gasteiger partial charge in [-0.3, -0.25) is 4.79 Å². The molecule has 0 aliphatic carbocycles. The predicted molar refractivity (Wildman–Crippen MR) is 58.7 cm³/mol. The fraction of sp³-hybridized carbons (Fsp3) is 0.111. The summed E-state index contributed by atoms with van der Waals surface area (Å²) in [6.07, 6.45) is 0. The van der Waals surface area contributed by atoms with Gasteiger partial charge in [-0.1, -0.05) is 27.5 Å². The average Bonchev–Trinajstić information content (AvgIpc) is 2.16. The first-order valence-corrected chi connectivity index (χ1v) is 5.18. The van der Waals surface area contributed by atoms with E-state index in [0.717, 1.165) is 0 Å². The molecule has 5 heteroatoms. The van der Waals surface area contributed by atoms with E-state index in [0.29, 0.717) is 5.56 Å². The minimum absolute atomic E-state index is 0.122. The Balaban J connectivity index is 3.29. The zero-order valence-corrected chi connectivity index (χ0v) is 9.39. The highest BCUT2D eigenvalue weighted by atomic mass is 79.9. The molecule has 0 saturated carbocycles. The van der Waals surface area contributed by atoms with Gasteiger partial charge in [-0.2, -0.15) is 5.26 Å². The largest absolute Gasteiger partial charge is 0.398 e. The summed E-state index contributed by atoms with van der Waals surface area (Å²) in [6, 6.07) is 4.76. The first-order valence-electron chi connectivity index (χ1n) is 3.68. The van der Waals surface area contributed by atoms with Crippen LogP contribution in [0.1, 0.15) is 15.9 Å². The molecular weight excluding hydrogens is 267 g/mol. The van der Waals surface area contributed by atoms with Gasteiger partial charge in [0.15, 0.2) is 5.78 Å². The van der Waals surface area contributed by atoms with E-state index in [4.69, 9.17) is 22.6 Å². The van der Waals surface area contributed by atoms with Crippen LogP contribution in [0.5, 0.6) is 0 Å². The normalized spacial score (nSPS) is 9.50. The standard InChI is InChI=1S/C9H6BrClN2O/c10-3-9(14)5-1-7(11)6(4-12)8(13)2-5/h1-2H,3,13H2. The molecule has 0 unspecified atom stereocenters. The van der Waals surface area contributed by atoms with Gasteiger partial charge in [0.1, 0.15) is 6.07 Å². The lowest BCUT2D eigenvalue weighted by atomic mass is 10.1. The van der Waals surface area contributed by atoms with E-state index >= 15 is 0 Å². The van der Waals surface area contributed by atoms with Crippen LogP contribution in [0.25, 0.3) is 0 Å². The van der Waals surface area contributed by atoms with Crippen molar-refractivity contribution in [2.24, 2.45) is 0 Å². The number of rotatable bonds is 2. The van der Waals surface area contributed by atoms with Gasteiger partial charge in [0.2, 0.25) is 0 Å². The van der Waals surface area contributed by atoms with Crippen molar-refractivity contribution >= 4 is 39.0 Å². The number of anilines is 1. The Morgan fingerprint density at radius 1 is 1.64 bits per heavy atom. The number of alkyl halides is 1. The first kappa shape index (κ1) is 11.0. The van der Waals surface area contributed by atoms with Gasteiger partial charge in [0, 0.05) is 5.56 Å². The summed E-state index contributed by atoms with van der Waals surface area (Å²) in [5, 5.41) is 9.09. The molecular formula is C9H6BrClN2O. The highest BCUT2D eigenvalue weighted by molar-refractivity contribution is 9.09.